The zero-order valence-electron chi connectivity index (χ0n) is 8.40. The van der Waals surface area contributed by atoms with Crippen molar-refractivity contribution in [1.82, 2.24) is 0 Å². The van der Waals surface area contributed by atoms with E-state index in [1.165, 1.54) is 0 Å². The van der Waals surface area contributed by atoms with Gasteiger partial charge in [0.15, 0.2) is 0 Å². The highest BCUT2D eigenvalue weighted by Gasteiger charge is 2.23. The molecule has 0 saturated heterocycles. The Hall–Kier alpha value is -0.130. The summed E-state index contributed by atoms with van der Waals surface area (Å²) in [5.74, 6) is 0. The zero-order chi connectivity index (χ0) is 10.6. The lowest BCUT2D eigenvalue weighted by molar-refractivity contribution is 0.0688. The van der Waals surface area contributed by atoms with E-state index in [1.807, 2.05) is 67.2 Å². The standard InChI is InChI=1S/C11H15IO2/c1-11(2,14-12)8-10(13)9-6-4-3-5-7-9/h3-7,10,13H,8H2,1-2H3/t10-/m0/s1. The minimum Gasteiger partial charge on any atom is -0.388 e. The number of hydrogen-bond donors (Lipinski definition) is 1. The van der Waals surface area contributed by atoms with Gasteiger partial charge >= 0.3 is 0 Å². The second-order valence-corrected chi connectivity index (χ2v) is 4.41. The van der Waals surface area contributed by atoms with Crippen molar-refractivity contribution in [3.63, 3.8) is 0 Å². The lowest BCUT2D eigenvalue weighted by atomic mass is 9.96. The van der Waals surface area contributed by atoms with Gasteiger partial charge in [0.2, 0.25) is 0 Å². The van der Waals surface area contributed by atoms with Crippen LogP contribution in [-0.2, 0) is 3.07 Å². The van der Waals surface area contributed by atoms with Gasteiger partial charge in [0.1, 0.15) is 23.0 Å². The van der Waals surface area contributed by atoms with Crippen LogP contribution in [0.15, 0.2) is 30.3 Å². The molecule has 1 N–H and O–H groups in total. The normalized spacial score (nSPS) is 14.0. The molecular weight excluding hydrogens is 291 g/mol. The summed E-state index contributed by atoms with van der Waals surface area (Å²) in [5, 5.41) is 9.90. The summed E-state index contributed by atoms with van der Waals surface area (Å²) in [5.41, 5.74) is 0.643. The van der Waals surface area contributed by atoms with Crippen molar-refractivity contribution in [1.29, 1.82) is 0 Å². The van der Waals surface area contributed by atoms with Crippen LogP contribution < -0.4 is 0 Å². The number of aliphatic hydroxyl groups is 1. The SMILES string of the molecule is CC(C)(C[C@H](O)c1ccccc1)OI. The molecule has 1 aromatic rings. The van der Waals surface area contributed by atoms with E-state index < -0.39 is 6.10 Å². The minimum atomic E-state index is -0.457. The minimum absolute atomic E-state index is 0.296. The van der Waals surface area contributed by atoms with E-state index in [0.717, 1.165) is 5.56 Å². The highest BCUT2D eigenvalue weighted by Crippen LogP contribution is 2.27. The topological polar surface area (TPSA) is 29.5 Å². The highest BCUT2D eigenvalue weighted by molar-refractivity contribution is 14.1. The molecule has 0 aromatic heterocycles. The van der Waals surface area contributed by atoms with Crippen molar-refractivity contribution < 1.29 is 8.17 Å². The third kappa shape index (κ3) is 3.55. The van der Waals surface area contributed by atoms with Crippen molar-refractivity contribution in [3.8, 4) is 0 Å². The predicted octanol–water partition coefficient (Wildman–Crippen LogP) is 3.26. The molecule has 1 aromatic carbocycles. The van der Waals surface area contributed by atoms with Gasteiger partial charge < -0.3 is 8.17 Å². The first-order valence-electron chi connectivity index (χ1n) is 4.58. The number of aliphatic hydroxyl groups excluding tert-OH is 1. The maximum atomic E-state index is 9.90. The summed E-state index contributed by atoms with van der Waals surface area (Å²) >= 11 is 1.87. The first-order chi connectivity index (χ1) is 6.55. The quantitative estimate of drug-likeness (QED) is 0.865. The van der Waals surface area contributed by atoms with Gasteiger partial charge in [-0.2, -0.15) is 0 Å². The molecule has 3 heteroatoms. The zero-order valence-corrected chi connectivity index (χ0v) is 10.6. The van der Waals surface area contributed by atoms with E-state index in [1.54, 1.807) is 0 Å². The summed E-state index contributed by atoms with van der Waals surface area (Å²) in [6.07, 6.45) is 0.140. The fraction of sp³-hybridized carbons (Fsp3) is 0.455. The first kappa shape index (κ1) is 11.9. The van der Waals surface area contributed by atoms with Crippen LogP contribution in [-0.4, -0.2) is 10.7 Å². The number of hydrogen-bond acceptors (Lipinski definition) is 2. The maximum absolute atomic E-state index is 9.90. The maximum Gasteiger partial charge on any atom is 0.110 e. The van der Waals surface area contributed by atoms with Crippen LogP contribution in [0.4, 0.5) is 0 Å². The number of halogens is 1. The van der Waals surface area contributed by atoms with Gasteiger partial charge in [0.05, 0.1) is 11.7 Å². The largest absolute Gasteiger partial charge is 0.388 e. The predicted molar refractivity (Wildman–Crippen MR) is 65.2 cm³/mol. The Bertz CT molecular complexity index is 272. The van der Waals surface area contributed by atoms with Crippen molar-refractivity contribution in [2.45, 2.75) is 32.0 Å². The van der Waals surface area contributed by atoms with E-state index >= 15 is 0 Å². The molecule has 1 rings (SSSR count). The fourth-order valence-electron chi connectivity index (χ4n) is 1.29. The van der Waals surface area contributed by atoms with Crippen LogP contribution in [0.3, 0.4) is 0 Å². The van der Waals surface area contributed by atoms with E-state index in [9.17, 15) is 5.11 Å². The van der Waals surface area contributed by atoms with Gasteiger partial charge in [-0.15, -0.1) is 0 Å². The molecule has 0 aliphatic carbocycles. The van der Waals surface area contributed by atoms with E-state index in [4.69, 9.17) is 3.07 Å². The van der Waals surface area contributed by atoms with Crippen molar-refractivity contribution in [2.24, 2.45) is 0 Å². The third-order valence-corrected chi connectivity index (χ3v) is 3.27. The Balaban J connectivity index is 2.64. The Kier molecular flexibility index (Phi) is 4.34. The van der Waals surface area contributed by atoms with Crippen molar-refractivity contribution in [2.75, 3.05) is 0 Å². The van der Waals surface area contributed by atoms with Crippen LogP contribution in [0.5, 0.6) is 0 Å². The lowest BCUT2D eigenvalue weighted by Crippen LogP contribution is -2.23. The molecule has 1 atom stereocenters. The summed E-state index contributed by atoms with van der Waals surface area (Å²) < 4.78 is 5.24. The average molecular weight is 306 g/mol. The summed E-state index contributed by atoms with van der Waals surface area (Å²) in [7, 11) is 0. The molecule has 78 valence electrons. The fourth-order valence-corrected chi connectivity index (χ4v) is 1.47. The first-order valence-corrected chi connectivity index (χ1v) is 5.46. The molecule has 0 unspecified atom stereocenters. The molecule has 0 heterocycles. The smallest absolute Gasteiger partial charge is 0.110 e. The molecule has 0 aliphatic rings. The number of benzene rings is 1. The summed E-state index contributed by atoms with van der Waals surface area (Å²) in [4.78, 5) is 0. The highest BCUT2D eigenvalue weighted by atomic mass is 127. The van der Waals surface area contributed by atoms with Gasteiger partial charge in [-0.1, -0.05) is 30.3 Å². The molecular formula is C11H15IO2. The molecule has 0 amide bonds. The van der Waals surface area contributed by atoms with Gasteiger partial charge in [0, 0.05) is 6.42 Å². The summed E-state index contributed by atoms with van der Waals surface area (Å²) in [6, 6.07) is 9.64. The van der Waals surface area contributed by atoms with E-state index in [-0.39, 0.29) is 5.60 Å². The molecule has 0 fully saturated rings. The Morgan fingerprint density at radius 3 is 2.43 bits per heavy atom. The van der Waals surface area contributed by atoms with Crippen LogP contribution >= 0.6 is 23.0 Å². The molecule has 2 nitrogen and oxygen atoms in total. The average Bonchev–Trinajstić information content (AvgIpc) is 2.19. The molecule has 0 radical (unpaired) electrons. The van der Waals surface area contributed by atoms with Crippen LogP contribution in [0.2, 0.25) is 0 Å². The van der Waals surface area contributed by atoms with Gasteiger partial charge in [-0.3, -0.25) is 0 Å². The van der Waals surface area contributed by atoms with Crippen LogP contribution in [0, 0.1) is 0 Å². The van der Waals surface area contributed by atoms with Crippen LogP contribution in [0.1, 0.15) is 31.9 Å². The molecule has 0 saturated carbocycles. The van der Waals surface area contributed by atoms with Crippen molar-refractivity contribution >= 4 is 23.0 Å². The van der Waals surface area contributed by atoms with Crippen molar-refractivity contribution in [3.05, 3.63) is 35.9 Å². The monoisotopic (exact) mass is 306 g/mol. The summed E-state index contributed by atoms with van der Waals surface area (Å²) in [6.45, 7) is 3.93. The Morgan fingerprint density at radius 2 is 1.93 bits per heavy atom. The second-order valence-electron chi connectivity index (χ2n) is 3.97. The third-order valence-electron chi connectivity index (χ3n) is 2.08. The Labute approximate surface area is 99.0 Å². The molecule has 0 aliphatic heterocycles. The molecule has 0 bridgehead atoms. The van der Waals surface area contributed by atoms with E-state index in [2.05, 4.69) is 0 Å². The molecule has 14 heavy (non-hydrogen) atoms. The number of rotatable bonds is 4. The Morgan fingerprint density at radius 1 is 1.36 bits per heavy atom. The van der Waals surface area contributed by atoms with Gasteiger partial charge in [-0.05, 0) is 19.4 Å². The van der Waals surface area contributed by atoms with Crippen LogP contribution in [0.25, 0.3) is 0 Å². The lowest BCUT2D eigenvalue weighted by Gasteiger charge is -2.24. The second kappa shape index (κ2) is 5.09. The van der Waals surface area contributed by atoms with E-state index in [0.29, 0.717) is 6.42 Å². The molecule has 0 spiro atoms. The van der Waals surface area contributed by atoms with Gasteiger partial charge in [-0.25, -0.2) is 0 Å². The van der Waals surface area contributed by atoms with Gasteiger partial charge in [0.25, 0.3) is 0 Å².